The smallest absolute Gasteiger partial charge is 0.305 e. The van der Waals surface area contributed by atoms with Crippen molar-refractivity contribution >= 4 is 46.9 Å². The number of benzene rings is 2. The van der Waals surface area contributed by atoms with Crippen LogP contribution in [0.1, 0.15) is 42.1 Å². The Labute approximate surface area is 214 Å². The number of carbonyl (C=O) groups excluding carboxylic acids is 3. The Balaban J connectivity index is 1.85. The predicted octanol–water partition coefficient (Wildman–Crippen LogP) is 3.47. The standard InChI is InChI=1S/C27H29N5O5/c1-2-23(34)30-15-7-6-11-20(17-30)32-25-21(12-8-13-22(25)31(18-33)16-14-24(35)36)28-27(32)29-26(37)19-9-4-3-5-10-19/h2-5,8-10,12-13,18,20H,1,6-7,11,14-17H2,(H,35,36)(H,28,29,37). The zero-order valence-electron chi connectivity index (χ0n) is 20.4. The molecule has 10 nitrogen and oxygen atoms in total. The second-order valence-corrected chi connectivity index (χ2v) is 8.85. The lowest BCUT2D eigenvalue weighted by Crippen LogP contribution is -2.34. The second kappa shape index (κ2) is 11.5. The maximum absolute atomic E-state index is 13.1. The van der Waals surface area contributed by atoms with Gasteiger partial charge in [-0.2, -0.15) is 0 Å². The minimum atomic E-state index is -1.02. The van der Waals surface area contributed by atoms with Crippen LogP contribution in [0, 0.1) is 0 Å². The Morgan fingerprint density at radius 1 is 1.14 bits per heavy atom. The molecule has 0 bridgehead atoms. The summed E-state index contributed by atoms with van der Waals surface area (Å²) in [4.78, 5) is 56.6. The number of carbonyl (C=O) groups is 4. The summed E-state index contributed by atoms with van der Waals surface area (Å²) >= 11 is 0. The van der Waals surface area contributed by atoms with Crippen molar-refractivity contribution in [3.8, 4) is 0 Å². The van der Waals surface area contributed by atoms with Crippen molar-refractivity contribution in [3.63, 3.8) is 0 Å². The summed E-state index contributed by atoms with van der Waals surface area (Å²) in [5.74, 6) is -1.25. The molecule has 10 heteroatoms. The van der Waals surface area contributed by atoms with E-state index in [1.807, 2.05) is 10.6 Å². The fraction of sp³-hybridized carbons (Fsp3) is 0.296. The van der Waals surface area contributed by atoms with Crippen molar-refractivity contribution < 1.29 is 24.3 Å². The third kappa shape index (κ3) is 5.69. The topological polar surface area (TPSA) is 125 Å². The van der Waals surface area contributed by atoms with Crippen LogP contribution in [0.3, 0.4) is 0 Å². The number of aromatic nitrogens is 2. The van der Waals surface area contributed by atoms with Gasteiger partial charge < -0.3 is 19.5 Å². The largest absolute Gasteiger partial charge is 0.481 e. The van der Waals surface area contributed by atoms with Crippen LogP contribution in [0.5, 0.6) is 0 Å². The fourth-order valence-corrected chi connectivity index (χ4v) is 4.67. The van der Waals surface area contributed by atoms with E-state index in [0.29, 0.717) is 54.2 Å². The number of hydrogen-bond acceptors (Lipinski definition) is 5. The highest BCUT2D eigenvalue weighted by Gasteiger charge is 2.28. The molecule has 1 aliphatic heterocycles. The highest BCUT2D eigenvalue weighted by Crippen LogP contribution is 2.35. The van der Waals surface area contributed by atoms with Gasteiger partial charge in [-0.25, -0.2) is 4.98 Å². The molecule has 1 fully saturated rings. The molecule has 1 atom stereocenters. The number of likely N-dealkylation sites (tertiary alicyclic amines) is 1. The van der Waals surface area contributed by atoms with E-state index in [-0.39, 0.29) is 30.8 Å². The highest BCUT2D eigenvalue weighted by molar-refractivity contribution is 6.05. The molecule has 4 rings (SSSR count). The number of carboxylic acids is 1. The molecular weight excluding hydrogens is 474 g/mol. The molecule has 1 aromatic heterocycles. The summed E-state index contributed by atoms with van der Waals surface area (Å²) in [6.07, 6.45) is 4.03. The van der Waals surface area contributed by atoms with Crippen LogP contribution in [0.4, 0.5) is 11.6 Å². The molecule has 0 saturated carbocycles. The molecule has 0 spiro atoms. The van der Waals surface area contributed by atoms with Crippen molar-refractivity contribution in [2.45, 2.75) is 31.7 Å². The normalized spacial score (nSPS) is 15.6. The number of carboxylic acid groups (broad SMARTS) is 1. The van der Waals surface area contributed by atoms with E-state index in [2.05, 4.69) is 11.9 Å². The quantitative estimate of drug-likeness (QED) is 0.340. The number of imidazole rings is 1. The Bertz CT molecular complexity index is 1320. The monoisotopic (exact) mass is 503 g/mol. The third-order valence-corrected chi connectivity index (χ3v) is 6.45. The Morgan fingerprint density at radius 3 is 2.62 bits per heavy atom. The number of anilines is 2. The number of para-hydroxylation sites is 1. The number of rotatable bonds is 9. The molecule has 1 saturated heterocycles. The van der Waals surface area contributed by atoms with Gasteiger partial charge >= 0.3 is 5.97 Å². The molecule has 3 amide bonds. The summed E-state index contributed by atoms with van der Waals surface area (Å²) < 4.78 is 1.87. The summed E-state index contributed by atoms with van der Waals surface area (Å²) in [6.45, 7) is 4.55. The van der Waals surface area contributed by atoms with Crippen LogP contribution in [0.25, 0.3) is 11.0 Å². The molecule has 2 heterocycles. The number of hydrogen-bond donors (Lipinski definition) is 2. The van der Waals surface area contributed by atoms with Crippen LogP contribution in [-0.2, 0) is 14.4 Å². The summed E-state index contributed by atoms with van der Waals surface area (Å²) in [5, 5.41) is 12.1. The number of fused-ring (bicyclic) bond motifs is 1. The molecule has 0 radical (unpaired) electrons. The third-order valence-electron chi connectivity index (χ3n) is 6.45. The van der Waals surface area contributed by atoms with Crippen LogP contribution in [0.2, 0.25) is 0 Å². The molecule has 3 aromatic rings. The molecule has 1 aliphatic rings. The molecule has 37 heavy (non-hydrogen) atoms. The maximum Gasteiger partial charge on any atom is 0.305 e. The zero-order valence-corrected chi connectivity index (χ0v) is 20.4. The average Bonchev–Trinajstić information content (AvgIpc) is 3.09. The number of aliphatic carboxylic acids is 1. The molecular formula is C27H29N5O5. The van der Waals surface area contributed by atoms with Gasteiger partial charge in [0.05, 0.1) is 29.2 Å². The SMILES string of the molecule is C=CC(=O)N1CCCCC(n2c(NC(=O)c3ccccc3)nc3cccc(N(C=O)CCC(=O)O)c32)C1. The van der Waals surface area contributed by atoms with Gasteiger partial charge in [-0.05, 0) is 49.6 Å². The lowest BCUT2D eigenvalue weighted by molar-refractivity contribution is -0.136. The number of amides is 3. The Kier molecular flexibility index (Phi) is 7.97. The van der Waals surface area contributed by atoms with Gasteiger partial charge in [0.25, 0.3) is 5.91 Å². The summed E-state index contributed by atoms with van der Waals surface area (Å²) in [6, 6.07) is 13.7. The van der Waals surface area contributed by atoms with Gasteiger partial charge in [0.1, 0.15) is 0 Å². The minimum Gasteiger partial charge on any atom is -0.481 e. The highest BCUT2D eigenvalue weighted by atomic mass is 16.4. The van der Waals surface area contributed by atoms with Gasteiger partial charge in [0.15, 0.2) is 0 Å². The average molecular weight is 504 g/mol. The molecule has 2 aromatic carbocycles. The van der Waals surface area contributed by atoms with Crippen LogP contribution in [-0.4, -0.2) is 63.4 Å². The minimum absolute atomic E-state index is 0.0272. The van der Waals surface area contributed by atoms with Gasteiger partial charge in [-0.3, -0.25) is 24.5 Å². The maximum atomic E-state index is 13.1. The first kappa shape index (κ1) is 25.6. The summed E-state index contributed by atoms with van der Waals surface area (Å²) in [7, 11) is 0. The predicted molar refractivity (Wildman–Crippen MR) is 139 cm³/mol. The first-order chi connectivity index (χ1) is 17.9. The first-order valence-corrected chi connectivity index (χ1v) is 12.2. The van der Waals surface area contributed by atoms with E-state index in [0.717, 1.165) is 12.8 Å². The molecule has 1 unspecified atom stereocenters. The van der Waals surface area contributed by atoms with E-state index in [4.69, 9.17) is 4.98 Å². The van der Waals surface area contributed by atoms with Crippen molar-refractivity contribution in [1.82, 2.24) is 14.5 Å². The van der Waals surface area contributed by atoms with E-state index in [1.54, 1.807) is 47.4 Å². The number of nitrogens with zero attached hydrogens (tertiary/aromatic N) is 4. The zero-order chi connectivity index (χ0) is 26.4. The van der Waals surface area contributed by atoms with Crippen molar-refractivity contribution in [2.75, 3.05) is 29.9 Å². The fourth-order valence-electron chi connectivity index (χ4n) is 4.67. The second-order valence-electron chi connectivity index (χ2n) is 8.85. The van der Waals surface area contributed by atoms with E-state index in [9.17, 15) is 24.3 Å². The van der Waals surface area contributed by atoms with Gasteiger partial charge in [0, 0.05) is 25.2 Å². The number of nitrogens with one attached hydrogen (secondary N) is 1. The molecule has 2 N–H and O–H groups in total. The van der Waals surface area contributed by atoms with E-state index in [1.165, 1.54) is 11.0 Å². The van der Waals surface area contributed by atoms with Crippen molar-refractivity contribution in [1.29, 1.82) is 0 Å². The molecule has 0 aliphatic carbocycles. The van der Waals surface area contributed by atoms with Crippen molar-refractivity contribution in [3.05, 3.63) is 66.7 Å². The Morgan fingerprint density at radius 2 is 1.92 bits per heavy atom. The van der Waals surface area contributed by atoms with Gasteiger partial charge in [-0.1, -0.05) is 30.8 Å². The van der Waals surface area contributed by atoms with Crippen LogP contribution >= 0.6 is 0 Å². The van der Waals surface area contributed by atoms with Crippen molar-refractivity contribution in [2.24, 2.45) is 0 Å². The first-order valence-electron chi connectivity index (χ1n) is 12.2. The summed E-state index contributed by atoms with van der Waals surface area (Å²) in [5.41, 5.74) is 2.06. The lowest BCUT2D eigenvalue weighted by atomic mass is 10.1. The lowest BCUT2D eigenvalue weighted by Gasteiger charge is -2.27. The van der Waals surface area contributed by atoms with E-state index < -0.39 is 5.97 Å². The molecule has 192 valence electrons. The van der Waals surface area contributed by atoms with Crippen LogP contribution < -0.4 is 10.2 Å². The van der Waals surface area contributed by atoms with Crippen LogP contribution in [0.15, 0.2) is 61.2 Å². The Hall–Kier alpha value is -4.47. The van der Waals surface area contributed by atoms with Gasteiger partial charge in [-0.15, -0.1) is 0 Å². The van der Waals surface area contributed by atoms with Gasteiger partial charge in [0.2, 0.25) is 18.3 Å². The van der Waals surface area contributed by atoms with E-state index >= 15 is 0 Å².